The van der Waals surface area contributed by atoms with Crippen LogP contribution >= 0.6 is 27.5 Å². The smallest absolute Gasteiger partial charge is 0.119 e. The predicted octanol–water partition coefficient (Wildman–Crippen LogP) is 5.63. The van der Waals surface area contributed by atoms with Crippen molar-refractivity contribution in [2.45, 2.75) is 18.8 Å². The van der Waals surface area contributed by atoms with Gasteiger partial charge in [-0.25, -0.2) is 0 Å². The Morgan fingerprint density at radius 2 is 1.85 bits per heavy atom. The number of ether oxygens (including phenoxy) is 1. The average Bonchev–Trinajstić information content (AvgIpc) is 2.48. The summed E-state index contributed by atoms with van der Waals surface area (Å²) in [5.41, 5.74) is 1.29. The molecular weight excluding hydrogens is 336 g/mol. The molecule has 2 aromatic carbocycles. The normalized spacial score (nSPS) is 12.1. The van der Waals surface area contributed by atoms with E-state index in [-0.39, 0.29) is 0 Å². The summed E-state index contributed by atoms with van der Waals surface area (Å²) in [7, 11) is 0. The van der Waals surface area contributed by atoms with Crippen LogP contribution in [-0.4, -0.2) is 12.5 Å². The molecule has 0 aliphatic rings. The highest BCUT2D eigenvalue weighted by Gasteiger charge is 2.10. The molecule has 1 unspecified atom stereocenters. The second kappa shape index (κ2) is 8.33. The Morgan fingerprint density at radius 1 is 1.05 bits per heavy atom. The highest BCUT2D eigenvalue weighted by Crippen LogP contribution is 2.25. The van der Waals surface area contributed by atoms with E-state index in [4.69, 9.17) is 16.3 Å². The third kappa shape index (κ3) is 4.84. The van der Waals surface area contributed by atoms with Crippen molar-refractivity contribution in [2.75, 3.05) is 12.5 Å². The second-order valence-corrected chi connectivity index (χ2v) is 5.93. The van der Waals surface area contributed by atoms with Crippen LogP contribution in [0.25, 0.3) is 0 Å². The van der Waals surface area contributed by atoms with Gasteiger partial charge in [0, 0.05) is 10.4 Å². The first-order valence-electron chi connectivity index (χ1n) is 6.79. The summed E-state index contributed by atoms with van der Waals surface area (Å²) in [4.78, 5) is 0. The molecule has 106 valence electrons. The molecule has 0 heterocycles. The largest absolute Gasteiger partial charge is 0.494 e. The third-order valence-corrected chi connectivity index (χ3v) is 4.08. The highest BCUT2D eigenvalue weighted by atomic mass is 79.9. The molecule has 3 heteroatoms. The van der Waals surface area contributed by atoms with Crippen molar-refractivity contribution in [1.82, 2.24) is 0 Å². The fraction of sp³-hybridized carbons (Fsp3) is 0.294. The summed E-state index contributed by atoms with van der Waals surface area (Å²) in [6, 6.07) is 18.3. The molecule has 20 heavy (non-hydrogen) atoms. The quantitative estimate of drug-likeness (QED) is 0.463. The molecule has 0 bridgehead atoms. The van der Waals surface area contributed by atoms with Gasteiger partial charge in [-0.2, -0.15) is 0 Å². The fourth-order valence-corrected chi connectivity index (χ4v) is 2.88. The molecule has 2 aromatic rings. The van der Waals surface area contributed by atoms with Crippen LogP contribution in [0.2, 0.25) is 0 Å². The number of halogens is 2. The number of rotatable bonds is 7. The number of alkyl halides is 1. The monoisotopic (exact) mass is 352 g/mol. The van der Waals surface area contributed by atoms with Crippen LogP contribution < -0.4 is 4.74 Å². The Morgan fingerprint density at radius 3 is 2.55 bits per heavy atom. The summed E-state index contributed by atoms with van der Waals surface area (Å²) in [5.74, 6) is 1.95. The maximum absolute atomic E-state index is 6.09. The summed E-state index contributed by atoms with van der Waals surface area (Å²) < 4.78 is 6.81. The lowest BCUT2D eigenvalue weighted by molar-refractivity contribution is 0.303. The molecule has 2 rings (SSSR count). The van der Waals surface area contributed by atoms with E-state index in [1.165, 1.54) is 5.56 Å². The zero-order chi connectivity index (χ0) is 14.2. The van der Waals surface area contributed by atoms with E-state index in [1.54, 1.807) is 0 Å². The SMILES string of the molecule is ClCC(CCCOc1ccccc1)c1cccc(Br)c1. The van der Waals surface area contributed by atoms with Gasteiger partial charge in [-0.1, -0.05) is 46.3 Å². The molecule has 0 aliphatic heterocycles. The standard InChI is InChI=1S/C17H18BrClO/c18-16-8-4-6-14(12-16)15(13-19)7-5-11-20-17-9-2-1-3-10-17/h1-4,6,8-10,12,15H,5,7,11,13H2. The molecule has 0 radical (unpaired) electrons. The fourth-order valence-electron chi connectivity index (χ4n) is 2.13. The van der Waals surface area contributed by atoms with E-state index >= 15 is 0 Å². The topological polar surface area (TPSA) is 9.23 Å². The molecule has 1 atom stereocenters. The van der Waals surface area contributed by atoms with E-state index in [0.717, 1.165) is 29.7 Å². The van der Waals surface area contributed by atoms with Gasteiger partial charge >= 0.3 is 0 Å². The first kappa shape index (κ1) is 15.4. The summed E-state index contributed by atoms with van der Waals surface area (Å²) in [6.45, 7) is 0.728. The average molecular weight is 354 g/mol. The lowest BCUT2D eigenvalue weighted by Gasteiger charge is -2.15. The first-order valence-corrected chi connectivity index (χ1v) is 8.11. The Bertz CT molecular complexity index is 515. The van der Waals surface area contributed by atoms with Crippen LogP contribution in [-0.2, 0) is 0 Å². The molecule has 0 amide bonds. The van der Waals surface area contributed by atoms with Crippen molar-refractivity contribution in [3.8, 4) is 5.75 Å². The Kier molecular flexibility index (Phi) is 6.41. The second-order valence-electron chi connectivity index (χ2n) is 4.71. The van der Waals surface area contributed by atoms with Gasteiger partial charge in [-0.3, -0.25) is 0 Å². The molecular formula is C17H18BrClO. The van der Waals surface area contributed by atoms with E-state index in [9.17, 15) is 0 Å². The molecule has 0 saturated carbocycles. The minimum atomic E-state index is 0.383. The van der Waals surface area contributed by atoms with E-state index < -0.39 is 0 Å². The van der Waals surface area contributed by atoms with Crippen molar-refractivity contribution in [2.24, 2.45) is 0 Å². The zero-order valence-corrected chi connectivity index (χ0v) is 13.6. The Hall–Kier alpha value is -0.990. The Labute approximate surface area is 134 Å². The molecule has 0 saturated heterocycles. The number of para-hydroxylation sites is 1. The van der Waals surface area contributed by atoms with Gasteiger partial charge in [0.1, 0.15) is 5.75 Å². The minimum Gasteiger partial charge on any atom is -0.494 e. The van der Waals surface area contributed by atoms with Gasteiger partial charge in [0.05, 0.1) is 6.61 Å². The van der Waals surface area contributed by atoms with Crippen molar-refractivity contribution >= 4 is 27.5 Å². The summed E-state index contributed by atoms with van der Waals surface area (Å²) in [6.07, 6.45) is 2.03. The molecule has 0 aliphatic carbocycles. The maximum atomic E-state index is 6.09. The van der Waals surface area contributed by atoms with Crippen LogP contribution in [0, 0.1) is 0 Å². The Balaban J connectivity index is 1.80. The number of hydrogen-bond donors (Lipinski definition) is 0. The lowest BCUT2D eigenvalue weighted by atomic mass is 9.96. The maximum Gasteiger partial charge on any atom is 0.119 e. The van der Waals surface area contributed by atoms with Crippen LogP contribution in [0.3, 0.4) is 0 Å². The van der Waals surface area contributed by atoms with E-state index in [1.807, 2.05) is 36.4 Å². The highest BCUT2D eigenvalue weighted by molar-refractivity contribution is 9.10. The molecule has 0 spiro atoms. The van der Waals surface area contributed by atoms with Gasteiger partial charge in [-0.15, -0.1) is 11.6 Å². The molecule has 0 aromatic heterocycles. The van der Waals surface area contributed by atoms with Gasteiger partial charge in [0.15, 0.2) is 0 Å². The van der Waals surface area contributed by atoms with Crippen LogP contribution in [0.15, 0.2) is 59.1 Å². The first-order chi connectivity index (χ1) is 9.79. The number of benzene rings is 2. The number of hydrogen-bond acceptors (Lipinski definition) is 1. The van der Waals surface area contributed by atoms with Crippen LogP contribution in [0.4, 0.5) is 0 Å². The van der Waals surface area contributed by atoms with E-state index in [2.05, 4.69) is 34.1 Å². The zero-order valence-electron chi connectivity index (χ0n) is 11.3. The molecule has 0 N–H and O–H groups in total. The van der Waals surface area contributed by atoms with Gasteiger partial charge in [0.25, 0.3) is 0 Å². The van der Waals surface area contributed by atoms with Crippen LogP contribution in [0.5, 0.6) is 5.75 Å². The van der Waals surface area contributed by atoms with Crippen molar-refractivity contribution in [1.29, 1.82) is 0 Å². The summed E-state index contributed by atoms with van der Waals surface area (Å²) in [5, 5.41) is 0. The molecule has 0 fully saturated rings. The molecule has 1 nitrogen and oxygen atoms in total. The van der Waals surface area contributed by atoms with Crippen LogP contribution in [0.1, 0.15) is 24.3 Å². The minimum absolute atomic E-state index is 0.383. The third-order valence-electron chi connectivity index (χ3n) is 3.22. The van der Waals surface area contributed by atoms with E-state index in [0.29, 0.717) is 11.8 Å². The van der Waals surface area contributed by atoms with Crippen molar-refractivity contribution < 1.29 is 4.74 Å². The predicted molar refractivity (Wildman–Crippen MR) is 88.8 cm³/mol. The van der Waals surface area contributed by atoms with Crippen molar-refractivity contribution in [3.05, 3.63) is 64.6 Å². The van der Waals surface area contributed by atoms with Gasteiger partial charge < -0.3 is 4.74 Å². The lowest BCUT2D eigenvalue weighted by Crippen LogP contribution is -2.04. The summed E-state index contributed by atoms with van der Waals surface area (Å²) >= 11 is 9.60. The van der Waals surface area contributed by atoms with Gasteiger partial charge in [-0.05, 0) is 48.6 Å². The van der Waals surface area contributed by atoms with Crippen molar-refractivity contribution in [3.63, 3.8) is 0 Å². The van der Waals surface area contributed by atoms with Gasteiger partial charge in [0.2, 0.25) is 0 Å².